The summed E-state index contributed by atoms with van der Waals surface area (Å²) in [6.07, 6.45) is 32.7. The van der Waals surface area contributed by atoms with Crippen molar-refractivity contribution >= 4 is 17.8 Å². The lowest BCUT2D eigenvalue weighted by Gasteiger charge is -2.47. The van der Waals surface area contributed by atoms with Crippen LogP contribution in [-0.2, 0) is 48.1 Å². The molecule has 8 rings (SSSR count). The number of carbonyl (C=O) groups excluding carboxylic acids is 2. The minimum absolute atomic E-state index is 0.0346. The van der Waals surface area contributed by atoms with Gasteiger partial charge in [0, 0.05) is 12.1 Å². The molecule has 0 spiro atoms. The molecule has 0 saturated heterocycles. The topological polar surface area (TPSA) is 180 Å². The first-order valence-corrected chi connectivity index (χ1v) is 31.2. The van der Waals surface area contributed by atoms with Crippen molar-refractivity contribution in [3.63, 3.8) is 0 Å². The van der Waals surface area contributed by atoms with Gasteiger partial charge in [0.05, 0.1) is 75.2 Å². The van der Waals surface area contributed by atoms with Crippen molar-refractivity contribution in [2.75, 3.05) is 33.0 Å². The number of carbonyl (C=O) groups is 3. The zero-order chi connectivity index (χ0) is 52.7. The van der Waals surface area contributed by atoms with Crippen molar-refractivity contribution < 1.29 is 58.5 Å². The third kappa shape index (κ3) is 17.3. The average molecular weight is 1060 g/mol. The highest BCUT2D eigenvalue weighted by atomic mass is 17.2. The molecule has 0 heterocycles. The lowest BCUT2D eigenvalue weighted by Crippen LogP contribution is -2.50. The number of esters is 1. The van der Waals surface area contributed by atoms with Gasteiger partial charge in [-0.25, -0.2) is 14.7 Å². The van der Waals surface area contributed by atoms with E-state index in [4.69, 9.17) is 28.8 Å². The van der Waals surface area contributed by atoms with E-state index in [1.165, 1.54) is 77.0 Å². The van der Waals surface area contributed by atoms with Crippen LogP contribution in [0.2, 0.25) is 0 Å². The summed E-state index contributed by atoms with van der Waals surface area (Å²) in [4.78, 5) is 61.2. The van der Waals surface area contributed by atoms with Crippen molar-refractivity contribution in [1.29, 1.82) is 0 Å². The van der Waals surface area contributed by atoms with Crippen LogP contribution in [0.3, 0.4) is 0 Å². The normalized spacial score (nSPS) is 37.9. The molecule has 0 aromatic heterocycles. The maximum Gasteiger partial charge on any atom is 0.308 e. The predicted molar refractivity (Wildman–Crippen MR) is 287 cm³/mol. The number of rotatable bonds is 23. The van der Waals surface area contributed by atoms with Gasteiger partial charge in [-0.05, 0) is 213 Å². The maximum atomic E-state index is 13.8. The fraction of sp³-hybridized carbons (Fsp3) is 0.951. The standard InChI is InChI=1S/C61H104N2O12/c1-40-31-52(26-29-56(40)62-58(64)55-33-44(15-28-54(55)59(65)66)37-73-72-36-43-13-9-6-10-14-43)74-50-22-18-48(19-23-50)61(3,4)49-20-24-51(25-21-49)75-53-27-30-57(41(2)32-53)63-70-38-47-34-45(16-17-46(47)39-71-68)60(67)69-35-42-11-7-5-8-12-42/h40-57,63,68H,5-39H2,1-4H3,(H,62,64)(H,65,66). The highest BCUT2D eigenvalue weighted by Gasteiger charge is 2.44. The number of carboxylic acid groups (broad SMARTS) is 1. The Labute approximate surface area is 451 Å². The molecule has 0 aromatic rings. The van der Waals surface area contributed by atoms with Crippen LogP contribution in [0.1, 0.15) is 220 Å². The number of ether oxygens (including phenoxy) is 3. The van der Waals surface area contributed by atoms with E-state index in [0.717, 1.165) is 96.3 Å². The zero-order valence-corrected chi connectivity index (χ0v) is 47.1. The van der Waals surface area contributed by atoms with Crippen molar-refractivity contribution in [3.05, 3.63) is 0 Å². The van der Waals surface area contributed by atoms with Gasteiger partial charge in [0.25, 0.3) is 0 Å². The molecule has 0 bridgehead atoms. The van der Waals surface area contributed by atoms with E-state index in [9.17, 15) is 24.7 Å². The van der Waals surface area contributed by atoms with Crippen molar-refractivity contribution in [3.8, 4) is 0 Å². The molecular formula is C61H104N2O12. The van der Waals surface area contributed by atoms with Crippen LogP contribution in [0.5, 0.6) is 0 Å². The lowest BCUT2D eigenvalue weighted by atomic mass is 9.60. The summed E-state index contributed by atoms with van der Waals surface area (Å²) in [5.41, 5.74) is 3.70. The van der Waals surface area contributed by atoms with Gasteiger partial charge in [-0.2, -0.15) is 5.48 Å². The van der Waals surface area contributed by atoms with Crippen molar-refractivity contribution in [2.24, 2.45) is 76.4 Å². The van der Waals surface area contributed by atoms with Crippen molar-refractivity contribution in [2.45, 2.75) is 257 Å². The van der Waals surface area contributed by atoms with E-state index in [-0.39, 0.29) is 77.8 Å². The number of hydrogen-bond donors (Lipinski definition) is 4. The highest BCUT2D eigenvalue weighted by Crippen LogP contribution is 2.50. The first kappa shape index (κ1) is 59.2. The number of nitrogens with one attached hydrogen (secondary N) is 2. The minimum Gasteiger partial charge on any atom is -0.481 e. The Morgan fingerprint density at radius 3 is 1.61 bits per heavy atom. The Bertz CT molecular complexity index is 1710. The molecule has 8 aliphatic rings. The second kappa shape index (κ2) is 29.5. The Kier molecular flexibility index (Phi) is 23.3. The Morgan fingerprint density at radius 2 is 1.05 bits per heavy atom. The Hall–Kier alpha value is -1.91. The van der Waals surface area contributed by atoms with Gasteiger partial charge < -0.3 is 29.5 Å². The molecule has 8 saturated carbocycles. The Morgan fingerprint density at radius 1 is 0.507 bits per heavy atom. The summed E-state index contributed by atoms with van der Waals surface area (Å²) in [6, 6.07) is 0.291. The second-order valence-electron chi connectivity index (χ2n) is 26.8. The van der Waals surface area contributed by atoms with Gasteiger partial charge in [0.15, 0.2) is 0 Å². The quantitative estimate of drug-likeness (QED) is 0.0329. The highest BCUT2D eigenvalue weighted by molar-refractivity contribution is 5.85. The van der Waals surface area contributed by atoms with Gasteiger partial charge in [-0.1, -0.05) is 66.2 Å². The van der Waals surface area contributed by atoms with Crippen LogP contribution in [0, 0.1) is 76.4 Å². The SMILES string of the molecule is CC1CC(OC2CCC(C(C)(C)C3CCC(OC4CCC(NC(=O)C5CC(COOCC6CCCCC6)CCC5C(=O)O)C(C)C4)CC3)CC2)CCC1NOCC1CC(C(=O)OCC2CCCCC2)CCC1COO. The molecule has 1 amide bonds. The van der Waals surface area contributed by atoms with Gasteiger partial charge >= 0.3 is 11.9 Å². The molecule has 430 valence electrons. The fourth-order valence-corrected chi connectivity index (χ4v) is 16.0. The average Bonchev–Trinajstić information content (AvgIpc) is 3.42. The van der Waals surface area contributed by atoms with Crippen LogP contribution >= 0.6 is 0 Å². The predicted octanol–water partition coefficient (Wildman–Crippen LogP) is 12.2. The molecule has 0 aromatic carbocycles. The molecule has 14 nitrogen and oxygen atoms in total. The van der Waals surface area contributed by atoms with E-state index in [1.54, 1.807) is 0 Å². The van der Waals surface area contributed by atoms with Crippen LogP contribution in [-0.4, -0.2) is 97.7 Å². The summed E-state index contributed by atoms with van der Waals surface area (Å²) in [6.45, 7) is 11.9. The summed E-state index contributed by atoms with van der Waals surface area (Å²) >= 11 is 0. The van der Waals surface area contributed by atoms with Gasteiger partial charge in [-0.3, -0.25) is 19.6 Å². The number of aliphatic carboxylic acids is 1. The van der Waals surface area contributed by atoms with Crippen molar-refractivity contribution in [1.82, 2.24) is 10.8 Å². The first-order valence-electron chi connectivity index (χ1n) is 31.2. The van der Waals surface area contributed by atoms with E-state index < -0.39 is 17.8 Å². The van der Waals surface area contributed by atoms with E-state index in [1.807, 2.05) is 0 Å². The lowest BCUT2D eigenvalue weighted by molar-refractivity contribution is -0.310. The number of amides is 1. The van der Waals surface area contributed by atoms with Gasteiger partial charge in [-0.15, -0.1) is 0 Å². The van der Waals surface area contributed by atoms with E-state index in [0.29, 0.717) is 87.5 Å². The number of hydroxylamine groups is 1. The molecule has 12 atom stereocenters. The first-order chi connectivity index (χ1) is 36.3. The largest absolute Gasteiger partial charge is 0.481 e. The molecule has 4 N–H and O–H groups in total. The molecule has 0 radical (unpaired) electrons. The molecule has 8 aliphatic carbocycles. The molecule has 14 heteroatoms. The number of carboxylic acids is 1. The molecule has 0 aliphatic heterocycles. The van der Waals surface area contributed by atoms with Gasteiger partial charge in [0.2, 0.25) is 5.91 Å². The second-order valence-corrected chi connectivity index (χ2v) is 26.8. The summed E-state index contributed by atoms with van der Waals surface area (Å²) in [5, 5.41) is 22.7. The third-order valence-corrected chi connectivity index (χ3v) is 21.3. The molecular weight excluding hydrogens is 953 g/mol. The summed E-state index contributed by atoms with van der Waals surface area (Å²) < 4.78 is 19.6. The zero-order valence-electron chi connectivity index (χ0n) is 47.1. The molecule has 75 heavy (non-hydrogen) atoms. The van der Waals surface area contributed by atoms with E-state index in [2.05, 4.69) is 43.4 Å². The van der Waals surface area contributed by atoms with Crippen LogP contribution in [0.15, 0.2) is 0 Å². The smallest absolute Gasteiger partial charge is 0.308 e. The Balaban J connectivity index is 0.685. The minimum atomic E-state index is -0.872. The van der Waals surface area contributed by atoms with Crippen LogP contribution in [0.4, 0.5) is 0 Å². The number of hydrogen-bond acceptors (Lipinski definition) is 12. The summed E-state index contributed by atoms with van der Waals surface area (Å²) in [5.74, 6) is 1.17. The van der Waals surface area contributed by atoms with Crippen LogP contribution in [0.25, 0.3) is 0 Å². The fourth-order valence-electron chi connectivity index (χ4n) is 16.0. The van der Waals surface area contributed by atoms with Crippen LogP contribution < -0.4 is 10.8 Å². The summed E-state index contributed by atoms with van der Waals surface area (Å²) in [7, 11) is 0. The monoisotopic (exact) mass is 1060 g/mol. The maximum absolute atomic E-state index is 13.8. The molecule has 12 unspecified atom stereocenters. The van der Waals surface area contributed by atoms with E-state index >= 15 is 0 Å². The van der Waals surface area contributed by atoms with Gasteiger partial charge in [0.1, 0.15) is 0 Å². The molecule has 8 fully saturated rings. The third-order valence-electron chi connectivity index (χ3n) is 21.3.